The van der Waals surface area contributed by atoms with Gasteiger partial charge in [-0.3, -0.25) is 9.59 Å². The Kier molecular flexibility index (Phi) is 7.09. The molecule has 0 bridgehead atoms. The van der Waals surface area contributed by atoms with Crippen molar-refractivity contribution in [2.75, 3.05) is 27.2 Å². The Morgan fingerprint density at radius 3 is 2.30 bits per heavy atom. The number of aliphatic hydroxyl groups is 1. The van der Waals surface area contributed by atoms with Gasteiger partial charge in [-0.05, 0) is 69.0 Å². The van der Waals surface area contributed by atoms with Crippen molar-refractivity contribution < 1.29 is 14.7 Å². The van der Waals surface area contributed by atoms with Crippen LogP contribution in [0.15, 0.2) is 48.0 Å². The summed E-state index contributed by atoms with van der Waals surface area (Å²) in [6.45, 7) is 1.10. The standard InChI is InChI=1S/C22H21Cl3N2O3/c1-26(2)10-3-11-27-19(14-6-9-16(24)17(25)12-14)18(21(29)22(27)30)20(28)13-4-7-15(23)8-5-13/h4-9,12,19,28H,3,10-11H2,1-2H3/t19-/m1/s1. The summed E-state index contributed by atoms with van der Waals surface area (Å²) in [6.07, 6.45) is 0.666. The number of aliphatic hydroxyl groups excluding tert-OH is 1. The molecule has 0 radical (unpaired) electrons. The van der Waals surface area contributed by atoms with Crippen molar-refractivity contribution in [1.82, 2.24) is 9.80 Å². The third kappa shape index (κ3) is 4.65. The van der Waals surface area contributed by atoms with Gasteiger partial charge in [0.25, 0.3) is 11.7 Å². The van der Waals surface area contributed by atoms with Gasteiger partial charge in [-0.1, -0.05) is 40.9 Å². The van der Waals surface area contributed by atoms with E-state index in [0.717, 1.165) is 6.54 Å². The molecule has 2 aromatic rings. The lowest BCUT2D eigenvalue weighted by molar-refractivity contribution is -0.139. The summed E-state index contributed by atoms with van der Waals surface area (Å²) in [7, 11) is 3.87. The lowest BCUT2D eigenvalue weighted by atomic mass is 9.95. The maximum atomic E-state index is 12.9. The van der Waals surface area contributed by atoms with Gasteiger partial charge in [0, 0.05) is 17.1 Å². The Morgan fingerprint density at radius 2 is 1.70 bits per heavy atom. The third-order valence-electron chi connectivity index (χ3n) is 4.92. The molecule has 1 amide bonds. The van der Waals surface area contributed by atoms with Gasteiger partial charge in [0.05, 0.1) is 21.7 Å². The predicted octanol–water partition coefficient (Wildman–Crippen LogP) is 5.02. The highest BCUT2D eigenvalue weighted by Crippen LogP contribution is 2.41. The highest BCUT2D eigenvalue weighted by molar-refractivity contribution is 6.47. The first-order valence-corrected chi connectivity index (χ1v) is 10.5. The first-order valence-electron chi connectivity index (χ1n) is 9.34. The van der Waals surface area contributed by atoms with E-state index in [4.69, 9.17) is 34.8 Å². The minimum Gasteiger partial charge on any atom is -0.507 e. The summed E-state index contributed by atoms with van der Waals surface area (Å²) < 4.78 is 0. The summed E-state index contributed by atoms with van der Waals surface area (Å²) in [5.41, 5.74) is 1.02. The van der Waals surface area contributed by atoms with Crippen LogP contribution in [0.4, 0.5) is 0 Å². The number of hydrogen-bond donors (Lipinski definition) is 1. The van der Waals surface area contributed by atoms with Gasteiger partial charge >= 0.3 is 0 Å². The fraction of sp³-hybridized carbons (Fsp3) is 0.273. The van der Waals surface area contributed by atoms with E-state index in [1.54, 1.807) is 42.5 Å². The van der Waals surface area contributed by atoms with Crippen LogP contribution in [0.1, 0.15) is 23.6 Å². The molecule has 2 aromatic carbocycles. The van der Waals surface area contributed by atoms with E-state index >= 15 is 0 Å². The fourth-order valence-electron chi connectivity index (χ4n) is 3.46. The lowest BCUT2D eigenvalue weighted by Gasteiger charge is -2.26. The van der Waals surface area contributed by atoms with Crippen molar-refractivity contribution in [3.8, 4) is 0 Å². The molecule has 3 rings (SSSR count). The van der Waals surface area contributed by atoms with Gasteiger partial charge < -0.3 is 14.9 Å². The van der Waals surface area contributed by atoms with Crippen LogP contribution in [-0.4, -0.2) is 53.8 Å². The molecule has 158 valence electrons. The molecule has 5 nitrogen and oxygen atoms in total. The summed E-state index contributed by atoms with van der Waals surface area (Å²) in [5, 5.41) is 12.1. The van der Waals surface area contributed by atoms with E-state index in [2.05, 4.69) is 0 Å². The van der Waals surface area contributed by atoms with Gasteiger partial charge in [0.15, 0.2) is 0 Å². The van der Waals surface area contributed by atoms with Crippen molar-refractivity contribution >= 4 is 52.3 Å². The summed E-state index contributed by atoms with van der Waals surface area (Å²) in [6, 6.07) is 10.6. The van der Waals surface area contributed by atoms with E-state index in [9.17, 15) is 14.7 Å². The van der Waals surface area contributed by atoms with Crippen LogP contribution in [-0.2, 0) is 9.59 Å². The molecule has 1 saturated heterocycles. The van der Waals surface area contributed by atoms with Crippen LogP contribution in [0.5, 0.6) is 0 Å². The molecule has 1 heterocycles. The second kappa shape index (κ2) is 9.40. The number of rotatable bonds is 6. The first kappa shape index (κ1) is 22.6. The summed E-state index contributed by atoms with van der Waals surface area (Å²) in [5.74, 6) is -1.64. The van der Waals surface area contributed by atoms with Crippen LogP contribution in [0.25, 0.3) is 5.76 Å². The highest BCUT2D eigenvalue weighted by Gasteiger charge is 2.45. The molecule has 0 saturated carbocycles. The summed E-state index contributed by atoms with van der Waals surface area (Å²) >= 11 is 18.2. The van der Waals surface area contributed by atoms with Crippen molar-refractivity contribution in [2.24, 2.45) is 0 Å². The average Bonchev–Trinajstić information content (AvgIpc) is 2.95. The van der Waals surface area contributed by atoms with Crippen molar-refractivity contribution in [3.05, 3.63) is 74.2 Å². The van der Waals surface area contributed by atoms with E-state index in [1.165, 1.54) is 4.90 Å². The summed E-state index contributed by atoms with van der Waals surface area (Å²) in [4.78, 5) is 29.3. The Morgan fingerprint density at radius 1 is 1.03 bits per heavy atom. The van der Waals surface area contributed by atoms with Gasteiger partial charge in [0.2, 0.25) is 0 Å². The smallest absolute Gasteiger partial charge is 0.295 e. The van der Waals surface area contributed by atoms with Gasteiger partial charge in [-0.15, -0.1) is 0 Å². The largest absolute Gasteiger partial charge is 0.507 e. The zero-order chi connectivity index (χ0) is 22.0. The van der Waals surface area contributed by atoms with Crippen molar-refractivity contribution in [1.29, 1.82) is 0 Å². The Balaban J connectivity index is 2.11. The SMILES string of the molecule is CN(C)CCCN1C(=O)C(=O)C(=C(O)c2ccc(Cl)cc2)[C@H]1c1ccc(Cl)c(Cl)c1. The van der Waals surface area contributed by atoms with Gasteiger partial charge in [-0.2, -0.15) is 0 Å². The molecule has 1 atom stereocenters. The molecule has 0 aliphatic carbocycles. The van der Waals surface area contributed by atoms with Gasteiger partial charge in [0.1, 0.15) is 5.76 Å². The Labute approximate surface area is 190 Å². The second-order valence-corrected chi connectivity index (χ2v) is 8.58. The normalized spacial score (nSPS) is 18.5. The van der Waals surface area contributed by atoms with Crippen LogP contribution < -0.4 is 0 Å². The first-order chi connectivity index (χ1) is 14.2. The number of amides is 1. The molecule has 0 aromatic heterocycles. The number of Topliss-reactive ketones (excluding diaryl/α,β-unsaturated/α-hetero) is 1. The zero-order valence-electron chi connectivity index (χ0n) is 16.5. The number of likely N-dealkylation sites (tertiary alicyclic amines) is 1. The van der Waals surface area contributed by atoms with Crippen LogP contribution in [0.3, 0.4) is 0 Å². The minimum absolute atomic E-state index is 0.0190. The monoisotopic (exact) mass is 466 g/mol. The number of benzene rings is 2. The molecular weight excluding hydrogens is 447 g/mol. The predicted molar refractivity (Wildman–Crippen MR) is 120 cm³/mol. The second-order valence-electron chi connectivity index (χ2n) is 7.33. The van der Waals surface area contributed by atoms with Crippen molar-refractivity contribution in [3.63, 3.8) is 0 Å². The maximum Gasteiger partial charge on any atom is 0.295 e. The number of hydrogen-bond acceptors (Lipinski definition) is 4. The third-order valence-corrected chi connectivity index (χ3v) is 5.91. The van der Waals surface area contributed by atoms with E-state index < -0.39 is 17.7 Å². The molecule has 0 spiro atoms. The quantitative estimate of drug-likeness (QED) is 0.368. The van der Waals surface area contributed by atoms with Crippen LogP contribution >= 0.6 is 34.8 Å². The number of carbonyl (C=O) groups excluding carboxylic acids is 2. The minimum atomic E-state index is -0.766. The van der Waals surface area contributed by atoms with Crippen LogP contribution in [0.2, 0.25) is 15.1 Å². The Hall–Kier alpha value is -2.05. The van der Waals surface area contributed by atoms with Crippen LogP contribution in [0, 0.1) is 0 Å². The molecule has 8 heteroatoms. The highest BCUT2D eigenvalue weighted by atomic mass is 35.5. The number of ketones is 1. The molecule has 1 aliphatic heterocycles. The fourth-order valence-corrected chi connectivity index (χ4v) is 3.89. The van der Waals surface area contributed by atoms with E-state index in [1.807, 2.05) is 19.0 Å². The molecule has 0 unspecified atom stereocenters. The topological polar surface area (TPSA) is 60.9 Å². The Bertz CT molecular complexity index is 1000. The molecular formula is C22H21Cl3N2O3. The van der Waals surface area contributed by atoms with E-state index in [0.29, 0.717) is 39.2 Å². The number of halogens is 3. The number of nitrogens with zero attached hydrogens (tertiary/aromatic N) is 2. The zero-order valence-corrected chi connectivity index (χ0v) is 18.8. The lowest BCUT2D eigenvalue weighted by Crippen LogP contribution is -2.32. The molecule has 30 heavy (non-hydrogen) atoms. The molecule has 1 fully saturated rings. The molecule has 1 N–H and O–H groups in total. The maximum absolute atomic E-state index is 12.9. The molecule has 1 aliphatic rings. The number of carbonyl (C=O) groups is 2. The van der Waals surface area contributed by atoms with E-state index in [-0.39, 0.29) is 11.3 Å². The average molecular weight is 468 g/mol. The van der Waals surface area contributed by atoms with Gasteiger partial charge in [-0.25, -0.2) is 0 Å². The van der Waals surface area contributed by atoms with Crippen molar-refractivity contribution in [2.45, 2.75) is 12.5 Å².